The van der Waals surface area contributed by atoms with Gasteiger partial charge in [-0.25, -0.2) is 0 Å². The molecule has 0 amide bonds. The highest BCUT2D eigenvalue weighted by Gasteiger charge is 2.27. The molecule has 0 radical (unpaired) electrons. The van der Waals surface area contributed by atoms with E-state index in [1.165, 1.54) is 0 Å². The monoisotopic (exact) mass is 286 g/mol. The second-order valence-corrected chi connectivity index (χ2v) is 4.73. The van der Waals surface area contributed by atoms with Crippen LogP contribution in [0.2, 0.25) is 5.02 Å². The third-order valence-corrected chi connectivity index (χ3v) is 3.41. The van der Waals surface area contributed by atoms with Gasteiger partial charge in [-0.1, -0.05) is 29.8 Å². The molecule has 0 bridgehead atoms. The van der Waals surface area contributed by atoms with Crippen LogP contribution in [0.4, 0.5) is 0 Å². The Hall–Kier alpha value is -2.26. The third-order valence-electron chi connectivity index (χ3n) is 3.07. The number of carbonyl (C=O) groups is 1. The number of hydrogen-bond acceptors (Lipinski definition) is 3. The summed E-state index contributed by atoms with van der Waals surface area (Å²) in [4.78, 5) is 12.3. The van der Waals surface area contributed by atoms with Gasteiger partial charge in [0.2, 0.25) is 5.78 Å². The van der Waals surface area contributed by atoms with Gasteiger partial charge in [0.05, 0.1) is 12.7 Å². The van der Waals surface area contributed by atoms with Gasteiger partial charge in [-0.2, -0.15) is 0 Å². The molecule has 1 heterocycles. The highest BCUT2D eigenvalue weighted by molar-refractivity contribution is 6.32. The van der Waals surface area contributed by atoms with E-state index in [4.69, 9.17) is 21.1 Å². The van der Waals surface area contributed by atoms with Crippen LogP contribution in [0.15, 0.2) is 48.2 Å². The minimum absolute atomic E-state index is 0.168. The smallest absolute Gasteiger partial charge is 0.232 e. The summed E-state index contributed by atoms with van der Waals surface area (Å²) in [6, 6.07) is 12.4. The van der Waals surface area contributed by atoms with Crippen molar-refractivity contribution in [3.63, 3.8) is 0 Å². The van der Waals surface area contributed by atoms with Crippen LogP contribution in [0.5, 0.6) is 11.5 Å². The molecule has 0 saturated carbocycles. The summed E-state index contributed by atoms with van der Waals surface area (Å²) < 4.78 is 10.7. The van der Waals surface area contributed by atoms with E-state index in [9.17, 15) is 4.79 Å². The van der Waals surface area contributed by atoms with Gasteiger partial charge < -0.3 is 9.47 Å². The Labute approximate surface area is 121 Å². The van der Waals surface area contributed by atoms with Crippen molar-refractivity contribution in [1.29, 1.82) is 0 Å². The number of carbonyl (C=O) groups excluding carboxylic acids is 1. The maximum absolute atomic E-state index is 12.3. The fourth-order valence-corrected chi connectivity index (χ4v) is 2.22. The highest BCUT2D eigenvalue weighted by atomic mass is 35.5. The Morgan fingerprint density at radius 3 is 2.75 bits per heavy atom. The average molecular weight is 287 g/mol. The van der Waals surface area contributed by atoms with Gasteiger partial charge >= 0.3 is 0 Å². The van der Waals surface area contributed by atoms with E-state index >= 15 is 0 Å². The van der Waals surface area contributed by atoms with Crippen LogP contribution in [0, 0.1) is 0 Å². The summed E-state index contributed by atoms with van der Waals surface area (Å²) >= 11 is 6.08. The number of methoxy groups -OCH3 is 1. The molecule has 0 fully saturated rings. The minimum atomic E-state index is -0.168. The number of Topliss-reactive ketones (excluding diaryl/α,β-unsaturated/α-hetero) is 1. The van der Waals surface area contributed by atoms with E-state index in [0.29, 0.717) is 22.1 Å². The Bertz CT molecular complexity index is 719. The standard InChI is InChI=1S/C16H11ClO3/c1-19-11-6-7-14-12(9-11)16(18)15(20-14)8-10-4-2-3-5-13(10)17/h2-9H,1H3/b15-8-. The summed E-state index contributed by atoms with van der Waals surface area (Å²) in [6.45, 7) is 0. The molecule has 4 heteroatoms. The van der Waals surface area contributed by atoms with Gasteiger partial charge in [-0.3, -0.25) is 4.79 Å². The van der Waals surface area contributed by atoms with Crippen LogP contribution >= 0.6 is 11.6 Å². The lowest BCUT2D eigenvalue weighted by atomic mass is 10.1. The molecule has 0 aliphatic carbocycles. The van der Waals surface area contributed by atoms with E-state index in [1.807, 2.05) is 18.2 Å². The summed E-state index contributed by atoms with van der Waals surface area (Å²) in [7, 11) is 1.56. The summed E-state index contributed by atoms with van der Waals surface area (Å²) in [6.07, 6.45) is 1.65. The van der Waals surface area contributed by atoms with Crippen molar-refractivity contribution in [2.45, 2.75) is 0 Å². The second-order valence-electron chi connectivity index (χ2n) is 4.32. The molecule has 0 atom stereocenters. The van der Waals surface area contributed by atoms with E-state index in [-0.39, 0.29) is 11.5 Å². The molecule has 0 aromatic heterocycles. The molecule has 1 aliphatic rings. The topological polar surface area (TPSA) is 35.5 Å². The molecule has 100 valence electrons. The van der Waals surface area contributed by atoms with Crippen LogP contribution in [0.25, 0.3) is 6.08 Å². The molecule has 0 N–H and O–H groups in total. The molecule has 0 unspecified atom stereocenters. The molecule has 0 saturated heterocycles. The zero-order valence-corrected chi connectivity index (χ0v) is 11.5. The molecule has 2 aromatic carbocycles. The summed E-state index contributed by atoms with van der Waals surface area (Å²) in [5, 5.41) is 0.574. The van der Waals surface area contributed by atoms with Crippen molar-refractivity contribution in [3.05, 3.63) is 64.4 Å². The number of rotatable bonds is 2. The van der Waals surface area contributed by atoms with Crippen LogP contribution in [-0.4, -0.2) is 12.9 Å². The Morgan fingerprint density at radius 1 is 1.20 bits per heavy atom. The molecule has 2 aromatic rings. The predicted octanol–water partition coefficient (Wildman–Crippen LogP) is 3.96. The third kappa shape index (κ3) is 2.17. The molecule has 20 heavy (non-hydrogen) atoms. The second kappa shape index (κ2) is 5.02. The summed E-state index contributed by atoms with van der Waals surface area (Å²) in [5.41, 5.74) is 1.25. The van der Waals surface area contributed by atoms with E-state index in [0.717, 1.165) is 5.56 Å². The number of hydrogen-bond donors (Lipinski definition) is 0. The van der Waals surface area contributed by atoms with Crippen molar-refractivity contribution in [2.75, 3.05) is 7.11 Å². The maximum atomic E-state index is 12.3. The van der Waals surface area contributed by atoms with Gasteiger partial charge in [0.15, 0.2) is 5.76 Å². The molecule has 3 rings (SSSR count). The number of allylic oxidation sites excluding steroid dienone is 1. The highest BCUT2D eigenvalue weighted by Crippen LogP contribution is 2.34. The predicted molar refractivity (Wildman–Crippen MR) is 77.4 cm³/mol. The minimum Gasteiger partial charge on any atom is -0.497 e. The van der Waals surface area contributed by atoms with Crippen molar-refractivity contribution in [1.82, 2.24) is 0 Å². The van der Waals surface area contributed by atoms with Crippen LogP contribution in [0.1, 0.15) is 15.9 Å². The van der Waals surface area contributed by atoms with Crippen molar-refractivity contribution in [3.8, 4) is 11.5 Å². The Kier molecular flexibility index (Phi) is 3.20. The van der Waals surface area contributed by atoms with E-state index < -0.39 is 0 Å². The first-order chi connectivity index (χ1) is 9.69. The van der Waals surface area contributed by atoms with Crippen LogP contribution in [0.3, 0.4) is 0 Å². The van der Waals surface area contributed by atoms with Crippen LogP contribution in [-0.2, 0) is 0 Å². The first kappa shape index (κ1) is 12.8. The zero-order chi connectivity index (χ0) is 14.1. The van der Waals surface area contributed by atoms with Crippen LogP contribution < -0.4 is 9.47 Å². The number of halogens is 1. The number of ether oxygens (including phenoxy) is 2. The number of fused-ring (bicyclic) bond motifs is 1. The molecular weight excluding hydrogens is 276 g/mol. The number of benzene rings is 2. The fourth-order valence-electron chi connectivity index (χ4n) is 2.03. The van der Waals surface area contributed by atoms with E-state index in [1.54, 1.807) is 37.5 Å². The SMILES string of the molecule is COc1ccc2c(c1)C(=O)/C(=C/c1ccccc1Cl)O2. The zero-order valence-electron chi connectivity index (χ0n) is 10.7. The molecule has 0 spiro atoms. The van der Waals surface area contributed by atoms with Gasteiger partial charge in [-0.05, 0) is 35.9 Å². The van der Waals surface area contributed by atoms with E-state index in [2.05, 4.69) is 0 Å². The maximum Gasteiger partial charge on any atom is 0.232 e. The van der Waals surface area contributed by atoms with Crippen molar-refractivity contribution < 1.29 is 14.3 Å². The van der Waals surface area contributed by atoms with Crippen molar-refractivity contribution in [2.24, 2.45) is 0 Å². The van der Waals surface area contributed by atoms with Gasteiger partial charge in [0.25, 0.3) is 0 Å². The lowest BCUT2D eigenvalue weighted by Gasteiger charge is -2.01. The van der Waals surface area contributed by atoms with Gasteiger partial charge in [-0.15, -0.1) is 0 Å². The largest absolute Gasteiger partial charge is 0.497 e. The quantitative estimate of drug-likeness (QED) is 0.784. The Balaban J connectivity index is 2.00. The molecular formula is C16H11ClO3. The Morgan fingerprint density at radius 2 is 2.00 bits per heavy atom. The van der Waals surface area contributed by atoms with Crippen molar-refractivity contribution >= 4 is 23.5 Å². The summed E-state index contributed by atoms with van der Waals surface area (Å²) in [5.74, 6) is 1.26. The van der Waals surface area contributed by atoms with Gasteiger partial charge in [0, 0.05) is 5.02 Å². The molecule has 1 aliphatic heterocycles. The lowest BCUT2D eigenvalue weighted by Crippen LogP contribution is -1.98. The number of ketones is 1. The normalized spacial score (nSPS) is 15.1. The average Bonchev–Trinajstić information content (AvgIpc) is 2.77. The first-order valence-corrected chi connectivity index (χ1v) is 6.43. The molecule has 3 nitrogen and oxygen atoms in total. The van der Waals surface area contributed by atoms with Gasteiger partial charge in [0.1, 0.15) is 11.5 Å². The first-order valence-electron chi connectivity index (χ1n) is 6.06. The fraction of sp³-hybridized carbons (Fsp3) is 0.0625. The lowest BCUT2D eigenvalue weighted by molar-refractivity contribution is 0.101.